The summed E-state index contributed by atoms with van der Waals surface area (Å²) in [5.74, 6) is -1.49. The summed E-state index contributed by atoms with van der Waals surface area (Å²) in [6, 6.07) is 25.7. The number of esters is 2. The number of halogens is 1. The lowest BCUT2D eigenvalue weighted by Gasteiger charge is -2.34. The second kappa shape index (κ2) is 8.80. The van der Waals surface area contributed by atoms with E-state index in [9.17, 15) is 9.59 Å². The zero-order valence-corrected chi connectivity index (χ0v) is 19.1. The van der Waals surface area contributed by atoms with Crippen LogP contribution in [0.25, 0.3) is 5.76 Å². The van der Waals surface area contributed by atoms with Gasteiger partial charge >= 0.3 is 11.9 Å². The molecule has 2 aliphatic heterocycles. The van der Waals surface area contributed by atoms with E-state index in [0.29, 0.717) is 16.5 Å². The first kappa shape index (κ1) is 21.9. The van der Waals surface area contributed by atoms with Crippen LogP contribution in [-0.2, 0) is 19.1 Å². The van der Waals surface area contributed by atoms with Crippen molar-refractivity contribution in [2.45, 2.75) is 18.4 Å². The van der Waals surface area contributed by atoms with Crippen molar-refractivity contribution in [1.29, 1.82) is 0 Å². The van der Waals surface area contributed by atoms with Gasteiger partial charge in [-0.2, -0.15) is 5.10 Å². The third kappa shape index (κ3) is 3.56. The van der Waals surface area contributed by atoms with Crippen LogP contribution in [-0.4, -0.2) is 29.8 Å². The van der Waals surface area contributed by atoms with Gasteiger partial charge in [0.1, 0.15) is 5.76 Å². The van der Waals surface area contributed by atoms with E-state index in [4.69, 9.17) is 21.1 Å². The van der Waals surface area contributed by atoms with E-state index in [-0.39, 0.29) is 12.3 Å². The highest BCUT2D eigenvalue weighted by Crippen LogP contribution is 2.50. The molecule has 3 aromatic carbocycles. The zero-order chi connectivity index (χ0) is 23.7. The Morgan fingerprint density at radius 3 is 2.44 bits per heavy atom. The molecule has 6 nitrogen and oxygen atoms in total. The Kier molecular flexibility index (Phi) is 5.67. The Morgan fingerprint density at radius 1 is 1.06 bits per heavy atom. The van der Waals surface area contributed by atoms with Gasteiger partial charge in [0.15, 0.2) is 11.3 Å². The topological polar surface area (TPSA) is 68.2 Å². The quantitative estimate of drug-likeness (QED) is 0.477. The van der Waals surface area contributed by atoms with Crippen LogP contribution in [0.2, 0.25) is 5.02 Å². The van der Waals surface area contributed by atoms with Crippen LogP contribution in [0.5, 0.6) is 0 Å². The van der Waals surface area contributed by atoms with E-state index in [2.05, 4.69) is 5.10 Å². The molecule has 2 aliphatic rings. The van der Waals surface area contributed by atoms with E-state index in [0.717, 1.165) is 11.1 Å². The highest BCUT2D eigenvalue weighted by molar-refractivity contribution is 6.41. The third-order valence-corrected chi connectivity index (χ3v) is 6.12. The number of nitrogens with zero attached hydrogens (tertiary/aromatic N) is 2. The molecule has 0 aliphatic carbocycles. The number of rotatable bonds is 5. The summed E-state index contributed by atoms with van der Waals surface area (Å²) in [5.41, 5.74) is 0.710. The second-order valence-corrected chi connectivity index (χ2v) is 8.37. The summed E-state index contributed by atoms with van der Waals surface area (Å²) in [5, 5.41) is 6.66. The standard InChI is InChI=1S/C27H21ClN2O4/c1-2-33-25(31)24-23(19-12-7-4-8-13-19)27(30(29-24)21-15-9-14-20(28)16-21)17-22(34-26(27)32)18-10-5-3-6-11-18/h3-17,23H,2H2,1H3/t23-,27+/m0/s1. The van der Waals surface area contributed by atoms with Crippen molar-refractivity contribution >= 4 is 40.7 Å². The largest absolute Gasteiger partial charge is 0.461 e. The molecule has 3 aromatic rings. The molecule has 0 saturated carbocycles. The number of carbonyl (C=O) groups excluding carboxylic acids is 2. The summed E-state index contributed by atoms with van der Waals surface area (Å²) in [4.78, 5) is 26.9. The molecule has 0 N–H and O–H groups in total. The molecule has 2 heterocycles. The van der Waals surface area contributed by atoms with Crippen molar-refractivity contribution < 1.29 is 19.1 Å². The minimum absolute atomic E-state index is 0.121. The number of hydrazone groups is 1. The fraction of sp³-hybridized carbons (Fsp3) is 0.148. The van der Waals surface area contributed by atoms with Crippen molar-refractivity contribution in [2.75, 3.05) is 11.6 Å². The number of cyclic esters (lactones) is 1. The lowest BCUT2D eigenvalue weighted by Crippen LogP contribution is -2.51. The minimum atomic E-state index is -1.45. The molecule has 2 atom stereocenters. The first-order chi connectivity index (χ1) is 16.5. The van der Waals surface area contributed by atoms with Gasteiger partial charge in [0.05, 0.1) is 18.2 Å². The van der Waals surface area contributed by atoms with Crippen LogP contribution in [0.1, 0.15) is 24.0 Å². The SMILES string of the molecule is CCOC(=O)C1=NN(c2cccc(Cl)c2)[C@]2(C=C(c3ccccc3)OC2=O)[C@H]1c1ccccc1. The van der Waals surface area contributed by atoms with Crippen LogP contribution in [0.4, 0.5) is 5.69 Å². The fourth-order valence-corrected chi connectivity index (χ4v) is 4.63. The van der Waals surface area contributed by atoms with E-state index >= 15 is 0 Å². The van der Waals surface area contributed by atoms with E-state index < -0.39 is 23.4 Å². The molecular weight excluding hydrogens is 452 g/mol. The minimum Gasteiger partial charge on any atom is -0.461 e. The number of hydrogen-bond donors (Lipinski definition) is 0. The highest BCUT2D eigenvalue weighted by atomic mass is 35.5. The summed E-state index contributed by atoms with van der Waals surface area (Å²) in [7, 11) is 0. The Morgan fingerprint density at radius 2 is 1.76 bits per heavy atom. The van der Waals surface area contributed by atoms with Crippen molar-refractivity contribution in [1.82, 2.24) is 0 Å². The van der Waals surface area contributed by atoms with Crippen LogP contribution in [0.3, 0.4) is 0 Å². The second-order valence-electron chi connectivity index (χ2n) is 7.93. The zero-order valence-electron chi connectivity index (χ0n) is 18.4. The Balaban J connectivity index is 1.76. The number of carbonyl (C=O) groups is 2. The summed E-state index contributed by atoms with van der Waals surface area (Å²) in [6.45, 7) is 1.91. The maximum atomic E-state index is 13.8. The monoisotopic (exact) mass is 472 g/mol. The molecule has 0 radical (unpaired) electrons. The maximum Gasteiger partial charge on any atom is 0.355 e. The fourth-order valence-electron chi connectivity index (χ4n) is 4.44. The van der Waals surface area contributed by atoms with Crippen molar-refractivity contribution in [3.8, 4) is 0 Å². The number of hydrogen-bond acceptors (Lipinski definition) is 6. The van der Waals surface area contributed by atoms with Crippen molar-refractivity contribution in [3.05, 3.63) is 107 Å². The van der Waals surface area contributed by atoms with Gasteiger partial charge in [-0.15, -0.1) is 0 Å². The number of anilines is 1. The van der Waals surface area contributed by atoms with E-state index in [1.807, 2.05) is 60.7 Å². The predicted octanol–water partition coefficient (Wildman–Crippen LogP) is 5.20. The number of benzene rings is 3. The summed E-state index contributed by atoms with van der Waals surface area (Å²) < 4.78 is 11.2. The molecule has 1 spiro atoms. The van der Waals surface area contributed by atoms with Gasteiger partial charge in [0.25, 0.3) is 0 Å². The summed E-state index contributed by atoms with van der Waals surface area (Å²) >= 11 is 6.28. The van der Waals surface area contributed by atoms with Crippen LogP contribution < -0.4 is 5.01 Å². The highest BCUT2D eigenvalue weighted by Gasteiger charge is 2.62. The number of ether oxygens (including phenoxy) is 2. The normalized spacial score (nSPS) is 21.3. The molecule has 5 rings (SSSR count). The van der Waals surface area contributed by atoms with Crippen LogP contribution >= 0.6 is 11.6 Å². The van der Waals surface area contributed by atoms with E-state index in [1.165, 1.54) is 5.01 Å². The Hall–Kier alpha value is -3.90. The van der Waals surface area contributed by atoms with Gasteiger partial charge in [-0.25, -0.2) is 14.6 Å². The first-order valence-corrected chi connectivity index (χ1v) is 11.3. The lowest BCUT2D eigenvalue weighted by molar-refractivity contribution is -0.139. The molecular formula is C27H21ClN2O4. The first-order valence-electron chi connectivity index (χ1n) is 10.9. The van der Waals surface area contributed by atoms with Crippen molar-refractivity contribution in [3.63, 3.8) is 0 Å². The molecule has 34 heavy (non-hydrogen) atoms. The third-order valence-electron chi connectivity index (χ3n) is 5.88. The average molecular weight is 473 g/mol. The van der Waals surface area contributed by atoms with Gasteiger partial charge in [-0.1, -0.05) is 78.3 Å². The molecule has 7 heteroatoms. The summed E-state index contributed by atoms with van der Waals surface area (Å²) in [6.07, 6.45) is 1.75. The Bertz CT molecular complexity index is 1310. The molecule has 0 aromatic heterocycles. The molecule has 0 bridgehead atoms. The average Bonchev–Trinajstić information content (AvgIpc) is 3.38. The van der Waals surface area contributed by atoms with Crippen molar-refractivity contribution in [2.24, 2.45) is 5.10 Å². The molecule has 0 saturated heterocycles. The Labute approximate surface area is 202 Å². The van der Waals surface area contributed by atoms with Crippen LogP contribution in [0.15, 0.2) is 96.1 Å². The van der Waals surface area contributed by atoms with Gasteiger partial charge in [0.2, 0.25) is 0 Å². The predicted molar refractivity (Wildman–Crippen MR) is 130 cm³/mol. The molecule has 170 valence electrons. The lowest BCUT2D eigenvalue weighted by atomic mass is 9.76. The van der Waals surface area contributed by atoms with Crippen LogP contribution in [0, 0.1) is 0 Å². The van der Waals surface area contributed by atoms with Gasteiger partial charge < -0.3 is 9.47 Å². The smallest absolute Gasteiger partial charge is 0.355 e. The molecule has 0 fully saturated rings. The molecule has 0 amide bonds. The van der Waals surface area contributed by atoms with Gasteiger partial charge in [-0.05, 0) is 36.8 Å². The molecule has 0 unspecified atom stereocenters. The van der Waals surface area contributed by atoms with Gasteiger partial charge in [-0.3, -0.25) is 0 Å². The van der Waals surface area contributed by atoms with Gasteiger partial charge in [0, 0.05) is 10.6 Å². The maximum absolute atomic E-state index is 13.8. The van der Waals surface area contributed by atoms with E-state index in [1.54, 1.807) is 37.3 Å².